The van der Waals surface area contributed by atoms with E-state index in [2.05, 4.69) is 4.98 Å². The fraction of sp³-hybridized carbons (Fsp3) is 0.267. The summed E-state index contributed by atoms with van der Waals surface area (Å²) in [6.07, 6.45) is 0.592. The van der Waals surface area contributed by atoms with Crippen LogP contribution in [0, 0.1) is 11.9 Å². The van der Waals surface area contributed by atoms with Crippen LogP contribution in [0.2, 0.25) is 5.02 Å². The van der Waals surface area contributed by atoms with Crippen molar-refractivity contribution in [2.24, 2.45) is 0 Å². The number of fused-ring (bicyclic) bond motifs is 1. The number of aromatic nitrogens is 1. The Morgan fingerprint density at radius 2 is 1.87 bits per heavy atom. The molecule has 0 amide bonds. The summed E-state index contributed by atoms with van der Waals surface area (Å²) in [5, 5.41) is -0.647. The first kappa shape index (κ1) is 16.1. The van der Waals surface area contributed by atoms with Crippen LogP contribution >= 0.6 is 11.6 Å². The minimum absolute atomic E-state index is 0.114. The zero-order valence-electron chi connectivity index (χ0n) is 12.0. The van der Waals surface area contributed by atoms with Crippen molar-refractivity contribution in [3.05, 3.63) is 52.8 Å². The third kappa shape index (κ3) is 3.03. The van der Waals surface area contributed by atoms with Gasteiger partial charge in [-0.3, -0.25) is 0 Å². The molecule has 2 heterocycles. The Labute approximate surface area is 137 Å². The molecular weight excluding hydrogens is 346 g/mol. The fourth-order valence-corrected chi connectivity index (χ4v) is 4.63. The van der Waals surface area contributed by atoms with E-state index in [0.29, 0.717) is 13.0 Å². The lowest BCUT2D eigenvalue weighted by molar-refractivity contribution is 0.498. The topological polar surface area (TPSA) is 50.3 Å². The second kappa shape index (κ2) is 6.05. The van der Waals surface area contributed by atoms with Gasteiger partial charge in [0.15, 0.2) is 9.84 Å². The minimum Gasteiger partial charge on any atom is -0.365 e. The first-order chi connectivity index (χ1) is 10.9. The number of nitrogens with zero attached hydrogens (tertiary/aromatic N) is 2. The van der Waals surface area contributed by atoms with Crippen molar-refractivity contribution in [3.63, 3.8) is 0 Å². The average molecular weight is 359 g/mol. The summed E-state index contributed by atoms with van der Waals surface area (Å²) in [7, 11) is -3.83. The normalized spacial score (nSPS) is 16.2. The summed E-state index contributed by atoms with van der Waals surface area (Å²) < 4.78 is 51.9. The van der Waals surface area contributed by atoms with Crippen molar-refractivity contribution in [1.29, 1.82) is 0 Å². The highest BCUT2D eigenvalue weighted by molar-refractivity contribution is 7.91. The highest BCUT2D eigenvalue weighted by atomic mass is 35.5. The number of rotatable bonds is 3. The Balaban J connectivity index is 1.99. The number of sulfone groups is 1. The Hall–Kier alpha value is -1.73. The van der Waals surface area contributed by atoms with Crippen LogP contribution in [0.1, 0.15) is 5.56 Å². The Morgan fingerprint density at radius 3 is 2.57 bits per heavy atom. The van der Waals surface area contributed by atoms with Crippen molar-refractivity contribution < 1.29 is 17.2 Å². The molecule has 1 aromatic carbocycles. The molecule has 8 heteroatoms. The molecule has 0 atom stereocenters. The predicted octanol–water partition coefficient (Wildman–Crippen LogP) is 2.85. The zero-order valence-corrected chi connectivity index (χ0v) is 13.5. The molecule has 0 bridgehead atoms. The van der Waals surface area contributed by atoms with E-state index >= 15 is 0 Å². The van der Waals surface area contributed by atoms with Crippen molar-refractivity contribution in [2.75, 3.05) is 23.7 Å². The van der Waals surface area contributed by atoms with Crippen molar-refractivity contribution in [2.45, 2.75) is 11.3 Å². The second-order valence-electron chi connectivity index (χ2n) is 5.23. The molecule has 0 saturated carbocycles. The van der Waals surface area contributed by atoms with E-state index in [-0.39, 0.29) is 18.0 Å². The minimum atomic E-state index is -3.83. The van der Waals surface area contributed by atoms with Gasteiger partial charge in [-0.15, -0.1) is 0 Å². The van der Waals surface area contributed by atoms with E-state index in [1.54, 1.807) is 4.90 Å². The molecule has 1 aliphatic heterocycles. The number of hydrogen-bond acceptors (Lipinski definition) is 4. The van der Waals surface area contributed by atoms with E-state index in [4.69, 9.17) is 11.6 Å². The lowest BCUT2D eigenvalue weighted by atomic mass is 10.1. The van der Waals surface area contributed by atoms with Crippen LogP contribution in [-0.4, -0.2) is 32.2 Å². The van der Waals surface area contributed by atoms with Crippen LogP contribution in [0.25, 0.3) is 0 Å². The third-order valence-electron chi connectivity index (χ3n) is 3.76. The summed E-state index contributed by atoms with van der Waals surface area (Å²) >= 11 is 5.74. The van der Waals surface area contributed by atoms with Gasteiger partial charge in [-0.05, 0) is 12.0 Å². The Bertz CT molecular complexity index is 844. The quantitative estimate of drug-likeness (QED) is 0.792. The maximum absolute atomic E-state index is 14.1. The summed E-state index contributed by atoms with van der Waals surface area (Å²) in [5.41, 5.74) is 0.794. The molecule has 0 unspecified atom stereocenters. The van der Waals surface area contributed by atoms with Gasteiger partial charge >= 0.3 is 0 Å². The molecule has 0 aliphatic carbocycles. The maximum Gasteiger partial charge on any atom is 0.240 e. The van der Waals surface area contributed by atoms with Gasteiger partial charge in [0, 0.05) is 13.1 Å². The molecule has 4 nitrogen and oxygen atoms in total. The number of hydrogen-bond donors (Lipinski definition) is 0. The van der Waals surface area contributed by atoms with Gasteiger partial charge in [0.1, 0.15) is 15.6 Å². The summed E-state index contributed by atoms with van der Waals surface area (Å²) in [4.78, 5) is 4.14. The molecule has 122 valence electrons. The van der Waals surface area contributed by atoms with Crippen LogP contribution < -0.4 is 4.90 Å². The molecule has 3 rings (SSSR count). The van der Waals surface area contributed by atoms with Gasteiger partial charge in [-0.1, -0.05) is 41.9 Å². The summed E-state index contributed by atoms with van der Waals surface area (Å²) in [6.45, 7) is 0.496. The van der Waals surface area contributed by atoms with E-state index in [9.17, 15) is 17.2 Å². The predicted molar refractivity (Wildman–Crippen MR) is 83.6 cm³/mol. The van der Waals surface area contributed by atoms with Gasteiger partial charge in [-0.25, -0.2) is 8.42 Å². The van der Waals surface area contributed by atoms with E-state index in [0.717, 1.165) is 5.56 Å². The van der Waals surface area contributed by atoms with Crippen molar-refractivity contribution >= 4 is 27.1 Å². The smallest absolute Gasteiger partial charge is 0.240 e. The number of anilines is 1. The standard InChI is InChI=1S/C15H13ClF2N2O2S/c16-11-13-12(15(18)19-14(11)17)20(8-9-23(13,21)22)7-6-10-4-2-1-3-5-10/h1-5H,6-9H2. The van der Waals surface area contributed by atoms with Crippen molar-refractivity contribution in [1.82, 2.24) is 4.98 Å². The number of pyridine rings is 1. The van der Waals surface area contributed by atoms with Gasteiger partial charge in [0.2, 0.25) is 11.9 Å². The summed E-state index contributed by atoms with van der Waals surface area (Å²) in [6, 6.07) is 9.51. The van der Waals surface area contributed by atoms with Crippen LogP contribution in [-0.2, 0) is 16.3 Å². The highest BCUT2D eigenvalue weighted by Gasteiger charge is 2.35. The first-order valence-corrected chi connectivity index (χ1v) is 8.99. The maximum atomic E-state index is 14.1. The van der Waals surface area contributed by atoms with Crippen LogP contribution in [0.3, 0.4) is 0 Å². The molecule has 0 saturated heterocycles. The molecule has 1 aliphatic rings. The molecule has 0 N–H and O–H groups in total. The van der Waals surface area contributed by atoms with Gasteiger partial charge in [0.05, 0.1) is 5.75 Å². The molecular formula is C15H13ClF2N2O2S. The van der Waals surface area contributed by atoms with E-state index < -0.39 is 31.7 Å². The SMILES string of the molecule is O=S1(=O)CCN(CCc2ccccc2)c2c(F)nc(F)c(Cl)c21. The first-order valence-electron chi connectivity index (χ1n) is 6.96. The van der Waals surface area contributed by atoms with Crippen LogP contribution in [0.5, 0.6) is 0 Å². The van der Waals surface area contributed by atoms with Gasteiger partial charge < -0.3 is 4.90 Å². The molecule has 1 aromatic heterocycles. The Morgan fingerprint density at radius 1 is 1.17 bits per heavy atom. The lowest BCUT2D eigenvalue weighted by Gasteiger charge is -2.31. The fourth-order valence-electron chi connectivity index (χ4n) is 2.61. The van der Waals surface area contributed by atoms with Gasteiger partial charge in [0.25, 0.3) is 0 Å². The monoisotopic (exact) mass is 358 g/mol. The Kier molecular flexibility index (Phi) is 4.25. The zero-order chi connectivity index (χ0) is 16.6. The molecule has 0 fully saturated rings. The van der Waals surface area contributed by atoms with Crippen LogP contribution in [0.15, 0.2) is 35.2 Å². The number of halogens is 3. The van der Waals surface area contributed by atoms with E-state index in [1.165, 1.54) is 0 Å². The molecule has 0 spiro atoms. The molecule has 23 heavy (non-hydrogen) atoms. The average Bonchev–Trinajstić information content (AvgIpc) is 2.52. The lowest BCUT2D eigenvalue weighted by Crippen LogP contribution is -2.38. The third-order valence-corrected chi connectivity index (χ3v) is 5.95. The largest absolute Gasteiger partial charge is 0.365 e. The van der Waals surface area contributed by atoms with Crippen LogP contribution in [0.4, 0.5) is 14.5 Å². The van der Waals surface area contributed by atoms with Crippen molar-refractivity contribution in [3.8, 4) is 0 Å². The van der Waals surface area contributed by atoms with E-state index in [1.807, 2.05) is 30.3 Å². The highest BCUT2D eigenvalue weighted by Crippen LogP contribution is 2.38. The van der Waals surface area contributed by atoms with Gasteiger partial charge in [-0.2, -0.15) is 13.8 Å². The molecule has 2 aromatic rings. The summed E-state index contributed by atoms with van der Waals surface area (Å²) in [5.74, 6) is -2.70. The number of benzene rings is 1. The molecule has 0 radical (unpaired) electrons. The second-order valence-corrected chi connectivity index (χ2v) is 7.65.